The normalized spacial score (nSPS) is 21.9. The number of pyridine rings is 1. The summed E-state index contributed by atoms with van der Waals surface area (Å²) in [6, 6.07) is 4.12. The van der Waals surface area contributed by atoms with Crippen molar-refractivity contribution in [3.8, 4) is 0 Å². The highest BCUT2D eigenvalue weighted by Crippen LogP contribution is 2.38. The van der Waals surface area contributed by atoms with E-state index in [2.05, 4.69) is 26.1 Å². The minimum Gasteiger partial charge on any atom is -0.376 e. The number of aromatic nitrogens is 3. The van der Waals surface area contributed by atoms with E-state index < -0.39 is 0 Å². The van der Waals surface area contributed by atoms with Crippen molar-refractivity contribution in [2.45, 2.75) is 50.7 Å². The van der Waals surface area contributed by atoms with Crippen LogP contribution in [0.2, 0.25) is 0 Å². The van der Waals surface area contributed by atoms with Gasteiger partial charge in [-0.15, -0.1) is 0 Å². The van der Waals surface area contributed by atoms with Crippen molar-refractivity contribution in [1.82, 2.24) is 20.0 Å². The molecule has 4 rings (SSSR count). The second-order valence-electron chi connectivity index (χ2n) is 6.80. The zero-order valence-corrected chi connectivity index (χ0v) is 13.9. The smallest absolute Gasteiger partial charge is 0.229 e. The van der Waals surface area contributed by atoms with Gasteiger partial charge in [-0.2, -0.15) is 4.98 Å². The molecule has 0 bridgehead atoms. The molecule has 0 radical (unpaired) electrons. The van der Waals surface area contributed by atoms with Crippen LogP contribution in [0.3, 0.4) is 0 Å². The number of hydrogen-bond donors (Lipinski definition) is 0. The molecule has 1 aliphatic heterocycles. The number of rotatable bonds is 7. The molecule has 0 amide bonds. The van der Waals surface area contributed by atoms with Crippen LogP contribution in [0, 0.1) is 0 Å². The van der Waals surface area contributed by atoms with Crippen LogP contribution in [-0.2, 0) is 17.7 Å². The number of nitrogens with zero attached hydrogens (tertiary/aromatic N) is 4. The summed E-state index contributed by atoms with van der Waals surface area (Å²) in [6.45, 7) is 3.72. The molecular formula is C18H24N4O2. The van der Waals surface area contributed by atoms with Crippen LogP contribution in [0.15, 0.2) is 29.0 Å². The van der Waals surface area contributed by atoms with E-state index in [0.717, 1.165) is 44.2 Å². The van der Waals surface area contributed by atoms with E-state index in [1.807, 2.05) is 18.5 Å². The number of hydrogen-bond acceptors (Lipinski definition) is 6. The molecule has 2 aliphatic rings. The summed E-state index contributed by atoms with van der Waals surface area (Å²) in [5, 5.41) is 4.05. The molecule has 2 aromatic heterocycles. The average molecular weight is 328 g/mol. The van der Waals surface area contributed by atoms with Gasteiger partial charge in [0.05, 0.1) is 12.7 Å². The predicted octanol–water partition coefficient (Wildman–Crippen LogP) is 2.57. The summed E-state index contributed by atoms with van der Waals surface area (Å²) in [5.41, 5.74) is 1.26. The SMILES string of the molecule is c1cncc(CN2CCCC(OCCc3noc(C4CC4)n3)C2)c1. The van der Waals surface area contributed by atoms with Gasteiger partial charge in [0.15, 0.2) is 5.82 Å². The van der Waals surface area contributed by atoms with Crippen molar-refractivity contribution >= 4 is 0 Å². The van der Waals surface area contributed by atoms with Crippen molar-refractivity contribution < 1.29 is 9.26 Å². The molecule has 6 nitrogen and oxygen atoms in total. The third kappa shape index (κ3) is 4.19. The Balaban J connectivity index is 1.21. The summed E-state index contributed by atoms with van der Waals surface area (Å²) < 4.78 is 11.3. The van der Waals surface area contributed by atoms with Crippen molar-refractivity contribution in [3.63, 3.8) is 0 Å². The Morgan fingerprint density at radius 3 is 3.08 bits per heavy atom. The van der Waals surface area contributed by atoms with Crippen molar-refractivity contribution in [3.05, 3.63) is 41.8 Å². The Kier molecular flexibility index (Phi) is 4.85. The van der Waals surface area contributed by atoms with E-state index in [9.17, 15) is 0 Å². The Bertz CT molecular complexity index is 641. The minimum atomic E-state index is 0.297. The summed E-state index contributed by atoms with van der Waals surface area (Å²) in [7, 11) is 0. The third-order valence-corrected chi connectivity index (χ3v) is 4.68. The maximum atomic E-state index is 6.06. The molecule has 24 heavy (non-hydrogen) atoms. The number of likely N-dealkylation sites (tertiary alicyclic amines) is 1. The molecule has 1 saturated heterocycles. The summed E-state index contributed by atoms with van der Waals surface area (Å²) in [5.74, 6) is 2.11. The van der Waals surface area contributed by atoms with Crippen LogP contribution in [0.25, 0.3) is 0 Å². The first-order valence-corrected chi connectivity index (χ1v) is 8.92. The molecular weight excluding hydrogens is 304 g/mol. The number of piperidine rings is 1. The van der Waals surface area contributed by atoms with Crippen LogP contribution in [0.1, 0.15) is 48.9 Å². The van der Waals surface area contributed by atoms with Crippen LogP contribution >= 0.6 is 0 Å². The predicted molar refractivity (Wildman–Crippen MR) is 88.5 cm³/mol. The molecule has 3 heterocycles. The maximum Gasteiger partial charge on any atom is 0.229 e. The van der Waals surface area contributed by atoms with Crippen molar-refractivity contribution in [1.29, 1.82) is 0 Å². The first-order chi connectivity index (χ1) is 11.9. The van der Waals surface area contributed by atoms with E-state index in [-0.39, 0.29) is 0 Å². The van der Waals surface area contributed by atoms with Crippen LogP contribution in [-0.4, -0.2) is 45.8 Å². The Morgan fingerprint density at radius 1 is 1.29 bits per heavy atom. The molecule has 0 spiro atoms. The molecule has 1 unspecified atom stereocenters. The summed E-state index contributed by atoms with van der Waals surface area (Å²) in [6.07, 6.45) is 9.47. The van der Waals surface area contributed by atoms with Crippen molar-refractivity contribution in [2.24, 2.45) is 0 Å². The third-order valence-electron chi connectivity index (χ3n) is 4.68. The second kappa shape index (κ2) is 7.40. The first-order valence-electron chi connectivity index (χ1n) is 8.92. The van der Waals surface area contributed by atoms with Gasteiger partial charge in [0.2, 0.25) is 5.89 Å². The van der Waals surface area contributed by atoms with Gasteiger partial charge < -0.3 is 9.26 Å². The molecule has 6 heteroatoms. The van der Waals surface area contributed by atoms with E-state index in [4.69, 9.17) is 9.26 Å². The lowest BCUT2D eigenvalue weighted by molar-refractivity contribution is -0.00177. The van der Waals surface area contributed by atoms with Crippen LogP contribution < -0.4 is 0 Å². The minimum absolute atomic E-state index is 0.297. The van der Waals surface area contributed by atoms with Gasteiger partial charge in [-0.1, -0.05) is 11.2 Å². The van der Waals surface area contributed by atoms with Gasteiger partial charge in [0, 0.05) is 37.8 Å². The topological polar surface area (TPSA) is 64.3 Å². The summed E-state index contributed by atoms with van der Waals surface area (Å²) in [4.78, 5) is 11.1. The first kappa shape index (κ1) is 15.7. The molecule has 0 aromatic carbocycles. The van der Waals surface area contributed by atoms with E-state index in [1.165, 1.54) is 24.8 Å². The van der Waals surface area contributed by atoms with E-state index in [1.54, 1.807) is 0 Å². The van der Waals surface area contributed by atoms with Gasteiger partial charge >= 0.3 is 0 Å². The summed E-state index contributed by atoms with van der Waals surface area (Å²) >= 11 is 0. The average Bonchev–Trinajstić information content (AvgIpc) is 3.36. The largest absolute Gasteiger partial charge is 0.376 e. The Morgan fingerprint density at radius 2 is 2.25 bits per heavy atom. The highest BCUT2D eigenvalue weighted by Gasteiger charge is 2.29. The molecule has 0 N–H and O–H groups in total. The van der Waals surface area contributed by atoms with Gasteiger partial charge in [0.1, 0.15) is 0 Å². The fourth-order valence-corrected chi connectivity index (χ4v) is 3.22. The van der Waals surface area contributed by atoms with Gasteiger partial charge in [-0.05, 0) is 43.9 Å². The fourth-order valence-electron chi connectivity index (χ4n) is 3.22. The lowest BCUT2D eigenvalue weighted by Gasteiger charge is -2.32. The zero-order valence-electron chi connectivity index (χ0n) is 13.9. The molecule has 1 aliphatic carbocycles. The quantitative estimate of drug-likeness (QED) is 0.778. The van der Waals surface area contributed by atoms with E-state index in [0.29, 0.717) is 18.6 Å². The highest BCUT2D eigenvalue weighted by molar-refractivity contribution is 5.08. The maximum absolute atomic E-state index is 6.06. The van der Waals surface area contributed by atoms with Crippen molar-refractivity contribution in [2.75, 3.05) is 19.7 Å². The van der Waals surface area contributed by atoms with E-state index >= 15 is 0 Å². The monoisotopic (exact) mass is 328 g/mol. The van der Waals surface area contributed by atoms with Gasteiger partial charge in [0.25, 0.3) is 0 Å². The lowest BCUT2D eigenvalue weighted by atomic mass is 10.1. The molecule has 1 saturated carbocycles. The number of ether oxygens (including phenoxy) is 1. The molecule has 1 atom stereocenters. The zero-order chi connectivity index (χ0) is 16.2. The standard InChI is InChI=1S/C18H24N4O2/c1-3-14(11-19-8-1)12-22-9-2-4-16(13-22)23-10-7-17-20-18(24-21-17)15-5-6-15/h1,3,8,11,15-16H,2,4-7,9-10,12-13H2. The lowest BCUT2D eigenvalue weighted by Crippen LogP contribution is -2.39. The second-order valence-corrected chi connectivity index (χ2v) is 6.80. The Labute approximate surface area is 142 Å². The highest BCUT2D eigenvalue weighted by atomic mass is 16.5. The fraction of sp³-hybridized carbons (Fsp3) is 0.611. The van der Waals surface area contributed by atoms with Crippen LogP contribution in [0.4, 0.5) is 0 Å². The van der Waals surface area contributed by atoms with Gasteiger partial charge in [-0.25, -0.2) is 0 Å². The molecule has 2 aromatic rings. The molecule has 128 valence electrons. The Hall–Kier alpha value is -1.79. The van der Waals surface area contributed by atoms with Crippen LogP contribution in [0.5, 0.6) is 0 Å². The molecule has 2 fully saturated rings. The van der Waals surface area contributed by atoms with Gasteiger partial charge in [-0.3, -0.25) is 9.88 Å².